The van der Waals surface area contributed by atoms with Gasteiger partial charge in [-0.3, -0.25) is 14.8 Å². The van der Waals surface area contributed by atoms with Crippen LogP contribution in [0.3, 0.4) is 0 Å². The summed E-state index contributed by atoms with van der Waals surface area (Å²) in [6.45, 7) is 0.464. The van der Waals surface area contributed by atoms with Crippen LogP contribution in [-0.4, -0.2) is 26.5 Å². The van der Waals surface area contributed by atoms with Gasteiger partial charge in [-0.2, -0.15) is 13.2 Å². The Bertz CT molecular complexity index is 1260. The zero-order valence-corrected chi connectivity index (χ0v) is 17.4. The number of nitrogens with zero attached hydrogens (tertiary/aromatic N) is 3. The van der Waals surface area contributed by atoms with Gasteiger partial charge in [0.1, 0.15) is 11.4 Å². The Balaban J connectivity index is 0.00000289. The van der Waals surface area contributed by atoms with Gasteiger partial charge in [0.05, 0.1) is 23.1 Å². The molecule has 4 rings (SSSR count). The molecule has 0 aliphatic rings. The molecule has 0 aliphatic carbocycles. The second kappa shape index (κ2) is 9.78. The van der Waals surface area contributed by atoms with Gasteiger partial charge in [-0.1, -0.05) is 0 Å². The van der Waals surface area contributed by atoms with E-state index < -0.39 is 17.3 Å². The number of hydrogen-bond acceptors (Lipinski definition) is 5. The van der Waals surface area contributed by atoms with Crippen LogP contribution in [0.25, 0.3) is 22.4 Å². The molecule has 0 unspecified atom stereocenters. The SMILES string of the molecule is Cl.O=c1[nH]c(-c2cc(C(F)(F)F)ccn2)nc2ccc(OCCCc3ccncc3)cc12. The molecule has 0 atom stereocenters. The summed E-state index contributed by atoms with van der Waals surface area (Å²) in [5.74, 6) is 0.481. The first-order valence-corrected chi connectivity index (χ1v) is 9.49. The topological polar surface area (TPSA) is 80.8 Å². The molecule has 0 radical (unpaired) electrons. The van der Waals surface area contributed by atoms with E-state index in [0.29, 0.717) is 17.9 Å². The van der Waals surface area contributed by atoms with Crippen LogP contribution in [0.5, 0.6) is 5.75 Å². The van der Waals surface area contributed by atoms with Crippen LogP contribution in [0.4, 0.5) is 13.2 Å². The molecule has 0 saturated heterocycles. The van der Waals surface area contributed by atoms with Crippen LogP contribution in [0, 0.1) is 0 Å². The lowest BCUT2D eigenvalue weighted by atomic mass is 10.1. The van der Waals surface area contributed by atoms with Crippen molar-refractivity contribution < 1.29 is 17.9 Å². The van der Waals surface area contributed by atoms with Crippen LogP contribution in [0.15, 0.2) is 65.8 Å². The molecule has 0 saturated carbocycles. The molecular weight excluding hydrogens is 445 g/mol. The van der Waals surface area contributed by atoms with Crippen LogP contribution in [0.2, 0.25) is 0 Å². The lowest BCUT2D eigenvalue weighted by Crippen LogP contribution is -2.11. The van der Waals surface area contributed by atoms with Crippen LogP contribution in [0.1, 0.15) is 17.5 Å². The lowest BCUT2D eigenvalue weighted by Gasteiger charge is -2.09. The standard InChI is InChI=1S/C22H17F3N4O2.ClH/c23-22(24,25)15-7-10-27-19(12-15)20-28-18-4-3-16(13-17(18)21(30)29-20)31-11-1-2-14-5-8-26-9-6-14;/h3-10,12-13H,1-2,11H2,(H,28,29,30);1H. The molecule has 1 aromatic carbocycles. The number of fused-ring (bicyclic) bond motifs is 1. The second-order valence-electron chi connectivity index (χ2n) is 6.83. The molecule has 1 N–H and O–H groups in total. The molecule has 0 amide bonds. The molecule has 166 valence electrons. The van der Waals surface area contributed by atoms with Gasteiger partial charge >= 0.3 is 6.18 Å². The lowest BCUT2D eigenvalue weighted by molar-refractivity contribution is -0.137. The van der Waals surface area contributed by atoms with Gasteiger partial charge in [0.2, 0.25) is 0 Å². The minimum absolute atomic E-state index is 0. The molecule has 3 aromatic heterocycles. The summed E-state index contributed by atoms with van der Waals surface area (Å²) >= 11 is 0. The number of rotatable bonds is 6. The summed E-state index contributed by atoms with van der Waals surface area (Å²) in [5.41, 5.74) is 0.0815. The van der Waals surface area contributed by atoms with Crippen molar-refractivity contribution >= 4 is 23.3 Å². The van der Waals surface area contributed by atoms with E-state index in [2.05, 4.69) is 19.9 Å². The molecule has 32 heavy (non-hydrogen) atoms. The molecule has 6 nitrogen and oxygen atoms in total. The molecular formula is C22H18ClF3N4O2. The minimum atomic E-state index is -4.52. The first-order valence-electron chi connectivity index (χ1n) is 9.49. The Hall–Kier alpha value is -3.46. The van der Waals surface area contributed by atoms with Gasteiger partial charge in [-0.25, -0.2) is 4.98 Å². The van der Waals surface area contributed by atoms with Crippen molar-refractivity contribution in [2.45, 2.75) is 19.0 Å². The van der Waals surface area contributed by atoms with Crippen molar-refractivity contribution in [2.24, 2.45) is 0 Å². The maximum Gasteiger partial charge on any atom is 0.416 e. The number of pyridine rings is 2. The summed E-state index contributed by atoms with van der Waals surface area (Å²) in [5, 5.41) is 0.280. The highest BCUT2D eigenvalue weighted by molar-refractivity contribution is 5.85. The van der Waals surface area contributed by atoms with Gasteiger partial charge in [-0.05, 0) is 60.9 Å². The van der Waals surface area contributed by atoms with Crippen LogP contribution in [-0.2, 0) is 12.6 Å². The van der Waals surface area contributed by atoms with Crippen molar-refractivity contribution in [1.82, 2.24) is 19.9 Å². The van der Waals surface area contributed by atoms with E-state index in [1.165, 1.54) is 0 Å². The normalized spacial score (nSPS) is 11.2. The highest BCUT2D eigenvalue weighted by Gasteiger charge is 2.31. The van der Waals surface area contributed by atoms with Gasteiger partial charge in [0.25, 0.3) is 5.56 Å². The molecule has 0 aliphatic heterocycles. The van der Waals surface area contributed by atoms with Gasteiger partial charge in [0.15, 0.2) is 5.82 Å². The number of benzene rings is 1. The summed E-state index contributed by atoms with van der Waals surface area (Å²) in [6, 6.07) is 10.4. The maximum atomic E-state index is 12.9. The summed E-state index contributed by atoms with van der Waals surface area (Å²) < 4.78 is 44.6. The van der Waals surface area contributed by atoms with E-state index in [-0.39, 0.29) is 29.3 Å². The van der Waals surface area contributed by atoms with Crippen molar-refractivity contribution in [1.29, 1.82) is 0 Å². The molecule has 0 fully saturated rings. The third-order valence-corrected chi connectivity index (χ3v) is 4.63. The van der Waals surface area contributed by atoms with E-state index in [9.17, 15) is 18.0 Å². The monoisotopic (exact) mass is 462 g/mol. The number of aromatic amines is 1. The Morgan fingerprint density at radius 1 is 1.00 bits per heavy atom. The predicted molar refractivity (Wildman–Crippen MR) is 116 cm³/mol. The first kappa shape index (κ1) is 23.2. The number of aryl methyl sites for hydroxylation is 1. The van der Waals surface area contributed by atoms with E-state index in [4.69, 9.17) is 4.74 Å². The largest absolute Gasteiger partial charge is 0.494 e. The number of nitrogens with one attached hydrogen (secondary N) is 1. The summed E-state index contributed by atoms with van der Waals surface area (Å²) in [6.07, 6.45) is 1.62. The summed E-state index contributed by atoms with van der Waals surface area (Å²) in [7, 11) is 0. The van der Waals surface area contributed by atoms with Crippen molar-refractivity contribution in [3.63, 3.8) is 0 Å². The second-order valence-corrected chi connectivity index (χ2v) is 6.83. The summed E-state index contributed by atoms with van der Waals surface area (Å²) in [4.78, 5) is 27.2. The molecule has 0 spiro atoms. The quantitative estimate of drug-likeness (QED) is 0.415. The highest BCUT2D eigenvalue weighted by atomic mass is 35.5. The van der Waals surface area contributed by atoms with Crippen molar-refractivity contribution in [3.05, 3.63) is 82.5 Å². The van der Waals surface area contributed by atoms with Crippen LogP contribution < -0.4 is 10.3 Å². The zero-order valence-electron chi connectivity index (χ0n) is 16.6. The molecule has 3 heterocycles. The Morgan fingerprint density at radius 2 is 1.78 bits per heavy atom. The Labute approximate surface area is 186 Å². The fourth-order valence-corrected chi connectivity index (χ4v) is 3.08. The highest BCUT2D eigenvalue weighted by Crippen LogP contribution is 2.30. The molecule has 4 aromatic rings. The smallest absolute Gasteiger partial charge is 0.416 e. The number of alkyl halides is 3. The van der Waals surface area contributed by atoms with Gasteiger partial charge in [-0.15, -0.1) is 12.4 Å². The van der Waals surface area contributed by atoms with Crippen molar-refractivity contribution in [3.8, 4) is 17.3 Å². The predicted octanol–water partition coefficient (Wildman–Crippen LogP) is 4.83. The average molecular weight is 463 g/mol. The zero-order chi connectivity index (χ0) is 21.8. The maximum absolute atomic E-state index is 12.9. The fourth-order valence-electron chi connectivity index (χ4n) is 3.08. The third kappa shape index (κ3) is 5.42. The van der Waals surface area contributed by atoms with E-state index in [0.717, 1.165) is 36.7 Å². The first-order chi connectivity index (χ1) is 14.9. The minimum Gasteiger partial charge on any atom is -0.494 e. The number of ether oxygens (including phenoxy) is 1. The fraction of sp³-hybridized carbons (Fsp3) is 0.182. The molecule has 0 bridgehead atoms. The number of halogens is 4. The van der Waals surface area contributed by atoms with Gasteiger partial charge < -0.3 is 9.72 Å². The third-order valence-electron chi connectivity index (χ3n) is 4.63. The van der Waals surface area contributed by atoms with Gasteiger partial charge in [0, 0.05) is 18.6 Å². The van der Waals surface area contributed by atoms with Crippen LogP contribution >= 0.6 is 12.4 Å². The van der Waals surface area contributed by atoms with Crippen molar-refractivity contribution in [2.75, 3.05) is 6.61 Å². The molecule has 10 heteroatoms. The van der Waals surface area contributed by atoms with E-state index >= 15 is 0 Å². The van der Waals surface area contributed by atoms with E-state index in [1.54, 1.807) is 30.6 Å². The average Bonchev–Trinajstić information content (AvgIpc) is 2.77. The number of hydrogen-bond donors (Lipinski definition) is 1. The number of H-pyrrole nitrogens is 1. The number of aromatic nitrogens is 4. The Morgan fingerprint density at radius 3 is 2.53 bits per heavy atom. The van der Waals surface area contributed by atoms with E-state index in [1.807, 2.05) is 12.1 Å². The Kier molecular flexibility index (Phi) is 7.09.